The molecule has 0 aliphatic carbocycles. The van der Waals surface area contributed by atoms with E-state index in [1.165, 1.54) is 24.3 Å². The number of carboxylic acids is 2. The van der Waals surface area contributed by atoms with Crippen molar-refractivity contribution >= 4 is 11.9 Å². The zero-order chi connectivity index (χ0) is 9.14. The number of hydrogen-bond donors (Lipinski definition) is 3. The first-order valence-electron chi connectivity index (χ1n) is 3.18. The van der Waals surface area contributed by atoms with E-state index in [0.717, 1.165) is 0 Å². The molecule has 0 atom stereocenters. The smallest absolute Gasteiger partial charge is 1.00 e. The van der Waals surface area contributed by atoms with Crippen molar-refractivity contribution in [3.8, 4) is 0 Å². The quantitative estimate of drug-likeness (QED) is 0.504. The molecular weight excluding hydrogens is 197 g/mol. The van der Waals surface area contributed by atoms with Crippen molar-refractivity contribution < 1.29 is 50.8 Å². The summed E-state index contributed by atoms with van der Waals surface area (Å²) in [6, 6.07) is 5.02. The van der Waals surface area contributed by atoms with Crippen LogP contribution in [0, 0.1) is 0 Å². The van der Waals surface area contributed by atoms with Crippen molar-refractivity contribution in [2.24, 2.45) is 0 Å². The summed E-state index contributed by atoms with van der Waals surface area (Å²) in [6.07, 6.45) is 0. The summed E-state index contributed by atoms with van der Waals surface area (Å²) in [7, 11) is 0. The third-order valence-electron chi connectivity index (χ3n) is 1.38. The van der Waals surface area contributed by atoms with Gasteiger partial charge in [0.1, 0.15) is 0 Å². The molecular formula is C8H10NNaO4. The molecule has 0 saturated carbocycles. The van der Waals surface area contributed by atoms with Crippen molar-refractivity contribution in [1.29, 1.82) is 0 Å². The van der Waals surface area contributed by atoms with Crippen LogP contribution in [0.4, 0.5) is 0 Å². The van der Waals surface area contributed by atoms with Crippen LogP contribution in [0.2, 0.25) is 0 Å². The first kappa shape index (κ1) is 15.6. The van der Waals surface area contributed by atoms with Gasteiger partial charge in [0.05, 0.1) is 11.1 Å². The summed E-state index contributed by atoms with van der Waals surface area (Å²) >= 11 is 0. The Balaban J connectivity index is -0.000000480. The van der Waals surface area contributed by atoms with Crippen LogP contribution in [-0.4, -0.2) is 22.2 Å². The van der Waals surface area contributed by atoms with Crippen LogP contribution < -0.4 is 35.7 Å². The molecule has 0 fully saturated rings. The second-order valence-corrected chi connectivity index (χ2v) is 2.19. The summed E-state index contributed by atoms with van der Waals surface area (Å²) in [5, 5.41) is 16.9. The van der Waals surface area contributed by atoms with Gasteiger partial charge in [-0.05, 0) is 24.3 Å². The first-order valence-corrected chi connectivity index (χ1v) is 3.18. The van der Waals surface area contributed by atoms with Crippen LogP contribution in [0.15, 0.2) is 24.3 Å². The molecule has 1 rings (SSSR count). The summed E-state index contributed by atoms with van der Waals surface area (Å²) < 4.78 is 0. The predicted molar refractivity (Wildman–Crippen MR) is 46.5 cm³/mol. The Labute approximate surface area is 104 Å². The van der Waals surface area contributed by atoms with Gasteiger partial charge in [-0.25, -0.2) is 9.59 Å². The molecule has 0 radical (unpaired) electrons. The van der Waals surface area contributed by atoms with Crippen LogP contribution >= 0.6 is 0 Å². The molecule has 0 aliphatic rings. The van der Waals surface area contributed by atoms with Crippen LogP contribution in [0.1, 0.15) is 22.1 Å². The molecule has 0 saturated heterocycles. The summed E-state index contributed by atoms with van der Waals surface area (Å²) in [6.45, 7) is 0. The fraction of sp³-hybridized carbons (Fsp3) is 0. The standard InChI is InChI=1S/C8H6O4.H3N.Na.H/c9-7(10)5-1-2-6(4-3-5)8(11)12;;;/h1-4H,(H,9,10)(H,11,12);1H3;;/q;;+1;-1. The van der Waals surface area contributed by atoms with Crippen molar-refractivity contribution in [3.05, 3.63) is 35.4 Å². The molecule has 0 spiro atoms. The molecule has 0 bridgehead atoms. The molecule has 0 amide bonds. The van der Waals surface area contributed by atoms with E-state index >= 15 is 0 Å². The van der Waals surface area contributed by atoms with E-state index in [9.17, 15) is 9.59 Å². The number of carbonyl (C=O) groups is 2. The molecule has 72 valence electrons. The fourth-order valence-electron chi connectivity index (χ4n) is 0.755. The number of rotatable bonds is 2. The normalized spacial score (nSPS) is 8.00. The minimum Gasteiger partial charge on any atom is -1.00 e. The Morgan fingerprint density at radius 1 is 0.929 bits per heavy atom. The van der Waals surface area contributed by atoms with Gasteiger partial charge >= 0.3 is 41.5 Å². The third kappa shape index (κ3) is 3.89. The molecule has 1 aromatic rings. The number of hydrogen-bond acceptors (Lipinski definition) is 3. The van der Waals surface area contributed by atoms with E-state index in [4.69, 9.17) is 10.2 Å². The van der Waals surface area contributed by atoms with Crippen LogP contribution in [-0.2, 0) is 0 Å². The Hall–Kier alpha value is -0.880. The van der Waals surface area contributed by atoms with Crippen molar-refractivity contribution in [1.82, 2.24) is 6.15 Å². The van der Waals surface area contributed by atoms with Gasteiger partial charge in [0.15, 0.2) is 0 Å². The van der Waals surface area contributed by atoms with E-state index in [2.05, 4.69) is 0 Å². The van der Waals surface area contributed by atoms with Gasteiger partial charge in [0, 0.05) is 0 Å². The van der Waals surface area contributed by atoms with Gasteiger partial charge < -0.3 is 17.8 Å². The number of carboxylic acid groups (broad SMARTS) is 2. The van der Waals surface area contributed by atoms with Crippen LogP contribution in [0.25, 0.3) is 0 Å². The monoisotopic (exact) mass is 207 g/mol. The van der Waals surface area contributed by atoms with Gasteiger partial charge in [-0.2, -0.15) is 0 Å². The molecule has 1 aromatic carbocycles. The van der Waals surface area contributed by atoms with Gasteiger partial charge in [-0.15, -0.1) is 0 Å². The average Bonchev–Trinajstić information content (AvgIpc) is 2.04. The average molecular weight is 207 g/mol. The Morgan fingerprint density at radius 3 is 1.29 bits per heavy atom. The molecule has 0 unspecified atom stereocenters. The topological polar surface area (TPSA) is 110 Å². The molecule has 0 aliphatic heterocycles. The Bertz CT molecular complexity index is 295. The Morgan fingerprint density at radius 2 is 1.14 bits per heavy atom. The largest absolute Gasteiger partial charge is 1.00 e. The zero-order valence-corrected chi connectivity index (χ0v) is 9.73. The molecule has 0 heterocycles. The maximum absolute atomic E-state index is 10.3. The maximum atomic E-state index is 10.3. The van der Waals surface area contributed by atoms with E-state index in [1.807, 2.05) is 0 Å². The minimum absolute atomic E-state index is 0. The van der Waals surface area contributed by atoms with Crippen molar-refractivity contribution in [3.63, 3.8) is 0 Å². The predicted octanol–water partition coefficient (Wildman–Crippen LogP) is -1.64. The Kier molecular flexibility index (Phi) is 7.30. The molecule has 14 heavy (non-hydrogen) atoms. The fourth-order valence-corrected chi connectivity index (χ4v) is 0.755. The van der Waals surface area contributed by atoms with Crippen molar-refractivity contribution in [2.45, 2.75) is 0 Å². The van der Waals surface area contributed by atoms with Gasteiger partial charge in [0.2, 0.25) is 0 Å². The minimum atomic E-state index is -1.06. The van der Waals surface area contributed by atoms with Gasteiger partial charge in [0.25, 0.3) is 0 Å². The third-order valence-corrected chi connectivity index (χ3v) is 1.38. The first-order chi connectivity index (χ1) is 5.61. The van der Waals surface area contributed by atoms with Crippen LogP contribution in [0.3, 0.4) is 0 Å². The summed E-state index contributed by atoms with van der Waals surface area (Å²) in [5.41, 5.74) is 0.167. The van der Waals surface area contributed by atoms with Crippen LogP contribution in [0.5, 0.6) is 0 Å². The maximum Gasteiger partial charge on any atom is 1.00 e. The van der Waals surface area contributed by atoms with E-state index in [-0.39, 0.29) is 48.3 Å². The van der Waals surface area contributed by atoms with E-state index in [1.54, 1.807) is 0 Å². The van der Waals surface area contributed by atoms with E-state index < -0.39 is 11.9 Å². The number of benzene rings is 1. The van der Waals surface area contributed by atoms with Crippen molar-refractivity contribution in [2.75, 3.05) is 0 Å². The summed E-state index contributed by atoms with van der Waals surface area (Å²) in [4.78, 5) is 20.7. The van der Waals surface area contributed by atoms with Gasteiger partial charge in [-0.3, -0.25) is 0 Å². The summed E-state index contributed by atoms with van der Waals surface area (Å²) in [5.74, 6) is -2.13. The molecule has 6 heteroatoms. The number of aromatic carboxylic acids is 2. The SMILES string of the molecule is N.O=C(O)c1ccc(C(=O)O)cc1.[H-].[Na+]. The second kappa shape index (κ2) is 6.56. The molecule has 5 N–H and O–H groups in total. The van der Waals surface area contributed by atoms with E-state index in [0.29, 0.717) is 0 Å². The molecule has 0 aromatic heterocycles. The zero-order valence-electron chi connectivity index (χ0n) is 8.73. The van der Waals surface area contributed by atoms with Gasteiger partial charge in [-0.1, -0.05) is 0 Å². The second-order valence-electron chi connectivity index (χ2n) is 2.19. The molecule has 5 nitrogen and oxygen atoms in total.